The summed E-state index contributed by atoms with van der Waals surface area (Å²) in [5, 5.41) is 0. The van der Waals surface area contributed by atoms with Gasteiger partial charge in [0.1, 0.15) is 0 Å². The first kappa shape index (κ1) is 19.9. The van der Waals surface area contributed by atoms with Crippen molar-refractivity contribution in [3.05, 3.63) is 53.6 Å². The van der Waals surface area contributed by atoms with Crippen LogP contribution in [0.3, 0.4) is 0 Å². The molecular formula is C20H27F3N4. The number of nitrogens with zero attached hydrogens (tertiary/aromatic N) is 3. The molecule has 3 rings (SSSR count). The zero-order chi connectivity index (χ0) is 19.3. The van der Waals surface area contributed by atoms with Gasteiger partial charge in [0.15, 0.2) is 0 Å². The van der Waals surface area contributed by atoms with Crippen molar-refractivity contribution in [3.8, 4) is 0 Å². The minimum atomic E-state index is -4.27. The van der Waals surface area contributed by atoms with Gasteiger partial charge < -0.3 is 14.8 Å². The van der Waals surface area contributed by atoms with Crippen molar-refractivity contribution in [3.63, 3.8) is 0 Å². The zero-order valence-electron chi connectivity index (χ0n) is 15.7. The van der Waals surface area contributed by atoms with E-state index in [1.54, 1.807) is 12.4 Å². The Morgan fingerprint density at radius 1 is 1.26 bits per heavy atom. The van der Waals surface area contributed by atoms with Crippen molar-refractivity contribution < 1.29 is 13.2 Å². The number of piperidine rings is 1. The largest absolute Gasteiger partial charge is 0.416 e. The highest BCUT2D eigenvalue weighted by Gasteiger charge is 2.30. The molecule has 7 heteroatoms. The van der Waals surface area contributed by atoms with E-state index in [1.807, 2.05) is 6.20 Å². The van der Waals surface area contributed by atoms with E-state index >= 15 is 0 Å². The van der Waals surface area contributed by atoms with Crippen LogP contribution in [-0.2, 0) is 19.1 Å². The predicted molar refractivity (Wildman–Crippen MR) is 99.2 cm³/mol. The van der Waals surface area contributed by atoms with Crippen LogP contribution in [0, 0.1) is 5.92 Å². The Labute approximate surface area is 158 Å². The molecular weight excluding hydrogens is 353 g/mol. The Balaban J connectivity index is 1.39. The number of alkyl halides is 3. The molecule has 0 saturated carbocycles. The molecule has 1 saturated heterocycles. The van der Waals surface area contributed by atoms with Crippen LogP contribution in [0.25, 0.3) is 0 Å². The van der Waals surface area contributed by atoms with Gasteiger partial charge in [-0.3, -0.25) is 0 Å². The van der Waals surface area contributed by atoms with Gasteiger partial charge in [0.25, 0.3) is 0 Å². The van der Waals surface area contributed by atoms with E-state index < -0.39 is 11.7 Å². The SMILES string of the molecule is CN(Cc1cnc[nH]1)CC1CCN(CCc2cccc(C(F)(F)F)c2)CC1. The maximum absolute atomic E-state index is 12.8. The number of nitrogens with one attached hydrogen (secondary N) is 1. The van der Waals surface area contributed by atoms with Crippen LogP contribution < -0.4 is 0 Å². The highest BCUT2D eigenvalue weighted by molar-refractivity contribution is 5.25. The minimum Gasteiger partial charge on any atom is -0.347 e. The highest BCUT2D eigenvalue weighted by atomic mass is 19.4. The van der Waals surface area contributed by atoms with E-state index in [0.29, 0.717) is 12.3 Å². The summed E-state index contributed by atoms with van der Waals surface area (Å²) in [6.07, 6.45) is 2.22. The molecule has 0 amide bonds. The highest BCUT2D eigenvalue weighted by Crippen LogP contribution is 2.29. The van der Waals surface area contributed by atoms with Crippen molar-refractivity contribution in [2.75, 3.05) is 33.2 Å². The van der Waals surface area contributed by atoms with Gasteiger partial charge in [-0.2, -0.15) is 13.2 Å². The number of aromatic nitrogens is 2. The summed E-state index contributed by atoms with van der Waals surface area (Å²) in [5.41, 5.74) is 1.32. The molecule has 0 atom stereocenters. The van der Waals surface area contributed by atoms with Crippen LogP contribution >= 0.6 is 0 Å². The summed E-state index contributed by atoms with van der Waals surface area (Å²) in [7, 11) is 2.13. The molecule has 1 N–H and O–H groups in total. The zero-order valence-corrected chi connectivity index (χ0v) is 15.7. The van der Waals surface area contributed by atoms with Gasteiger partial charge >= 0.3 is 6.18 Å². The summed E-state index contributed by atoms with van der Waals surface area (Å²) in [6.45, 7) is 4.78. The van der Waals surface area contributed by atoms with Crippen LogP contribution in [-0.4, -0.2) is 53.0 Å². The summed E-state index contributed by atoms with van der Waals surface area (Å²) >= 11 is 0. The maximum Gasteiger partial charge on any atom is 0.416 e. The molecule has 4 nitrogen and oxygen atoms in total. The molecule has 27 heavy (non-hydrogen) atoms. The number of halogens is 3. The molecule has 1 aliphatic rings. The standard InChI is InChI=1S/C20H27F3N4/c1-26(14-19-12-24-15-25-19)13-17-6-9-27(10-7-17)8-5-16-3-2-4-18(11-16)20(21,22)23/h2-4,11-12,15,17H,5-10,13-14H2,1H3,(H,24,25). The van der Waals surface area contributed by atoms with E-state index in [2.05, 4.69) is 26.8 Å². The molecule has 2 heterocycles. The minimum absolute atomic E-state index is 0.556. The second-order valence-electron chi connectivity index (χ2n) is 7.51. The molecule has 0 radical (unpaired) electrons. The average Bonchev–Trinajstić information content (AvgIpc) is 3.13. The lowest BCUT2D eigenvalue weighted by molar-refractivity contribution is -0.137. The van der Waals surface area contributed by atoms with Crippen molar-refractivity contribution in [1.29, 1.82) is 0 Å². The molecule has 1 aromatic carbocycles. The van der Waals surface area contributed by atoms with Crippen LogP contribution in [0.1, 0.15) is 29.7 Å². The maximum atomic E-state index is 12.8. The smallest absolute Gasteiger partial charge is 0.347 e. The average molecular weight is 380 g/mol. The molecule has 0 spiro atoms. The molecule has 1 aliphatic heterocycles. The van der Waals surface area contributed by atoms with Crippen LogP contribution in [0.5, 0.6) is 0 Å². The Bertz CT molecular complexity index is 692. The number of rotatable bonds is 7. The van der Waals surface area contributed by atoms with Gasteiger partial charge in [-0.25, -0.2) is 4.98 Å². The molecule has 0 bridgehead atoms. The Kier molecular flexibility index (Phi) is 6.55. The number of benzene rings is 1. The summed E-state index contributed by atoms with van der Waals surface area (Å²) in [4.78, 5) is 11.9. The first-order valence-corrected chi connectivity index (χ1v) is 9.44. The van der Waals surface area contributed by atoms with Crippen molar-refractivity contribution in [2.45, 2.75) is 32.0 Å². The fourth-order valence-corrected chi connectivity index (χ4v) is 3.75. The Morgan fingerprint density at radius 3 is 2.70 bits per heavy atom. The summed E-state index contributed by atoms with van der Waals surface area (Å²) in [6, 6.07) is 5.69. The van der Waals surface area contributed by atoms with Crippen molar-refractivity contribution >= 4 is 0 Å². The van der Waals surface area contributed by atoms with Crippen LogP contribution in [0.15, 0.2) is 36.8 Å². The molecule has 0 unspecified atom stereocenters. The lowest BCUT2D eigenvalue weighted by atomic mass is 9.96. The number of hydrogen-bond acceptors (Lipinski definition) is 3. The number of H-pyrrole nitrogens is 1. The second kappa shape index (κ2) is 8.89. The molecule has 2 aromatic rings. The van der Waals surface area contributed by atoms with E-state index in [1.165, 1.54) is 12.1 Å². The Hall–Kier alpha value is -1.86. The molecule has 0 aliphatic carbocycles. The summed E-state index contributed by atoms with van der Waals surface area (Å²) < 4.78 is 38.4. The van der Waals surface area contributed by atoms with Gasteiger partial charge in [-0.05, 0) is 56.9 Å². The van der Waals surface area contributed by atoms with Crippen molar-refractivity contribution in [1.82, 2.24) is 19.8 Å². The second-order valence-corrected chi connectivity index (χ2v) is 7.51. The van der Waals surface area contributed by atoms with Gasteiger partial charge in [0.2, 0.25) is 0 Å². The first-order valence-electron chi connectivity index (χ1n) is 9.44. The summed E-state index contributed by atoms with van der Waals surface area (Å²) in [5.74, 6) is 0.669. The third kappa shape index (κ3) is 6.07. The third-order valence-corrected chi connectivity index (χ3v) is 5.24. The van der Waals surface area contributed by atoms with E-state index in [4.69, 9.17) is 0 Å². The molecule has 1 fully saturated rings. The third-order valence-electron chi connectivity index (χ3n) is 5.24. The molecule has 148 valence electrons. The normalized spacial score (nSPS) is 16.9. The predicted octanol–water partition coefficient (Wildman–Crippen LogP) is 3.82. The van der Waals surface area contributed by atoms with Gasteiger partial charge in [-0.15, -0.1) is 0 Å². The fraction of sp³-hybridized carbons (Fsp3) is 0.550. The van der Waals surface area contributed by atoms with E-state index in [9.17, 15) is 13.2 Å². The number of imidazole rings is 1. The van der Waals surface area contributed by atoms with E-state index in [0.717, 1.165) is 62.9 Å². The van der Waals surface area contributed by atoms with Crippen LogP contribution in [0.4, 0.5) is 13.2 Å². The number of hydrogen-bond donors (Lipinski definition) is 1. The van der Waals surface area contributed by atoms with Gasteiger partial charge in [0, 0.05) is 31.5 Å². The lowest BCUT2D eigenvalue weighted by Crippen LogP contribution is -2.38. The molecule has 1 aromatic heterocycles. The van der Waals surface area contributed by atoms with Crippen LogP contribution in [0.2, 0.25) is 0 Å². The van der Waals surface area contributed by atoms with Crippen molar-refractivity contribution in [2.24, 2.45) is 5.92 Å². The number of aromatic amines is 1. The lowest BCUT2D eigenvalue weighted by Gasteiger charge is -2.33. The van der Waals surface area contributed by atoms with E-state index in [-0.39, 0.29) is 0 Å². The monoisotopic (exact) mass is 380 g/mol. The fourth-order valence-electron chi connectivity index (χ4n) is 3.75. The first-order chi connectivity index (χ1) is 12.9. The Morgan fingerprint density at radius 2 is 2.04 bits per heavy atom. The van der Waals surface area contributed by atoms with Gasteiger partial charge in [-0.1, -0.05) is 18.2 Å². The topological polar surface area (TPSA) is 35.2 Å². The quantitative estimate of drug-likeness (QED) is 0.793. The van der Waals surface area contributed by atoms with Gasteiger partial charge in [0.05, 0.1) is 11.9 Å². The number of likely N-dealkylation sites (tertiary alicyclic amines) is 1.